The Morgan fingerprint density at radius 2 is 2.17 bits per heavy atom. The zero-order chi connectivity index (χ0) is 12.5. The lowest BCUT2D eigenvalue weighted by molar-refractivity contribution is 0.0557. The normalized spacial score (nSPS) is 14.5. The molecule has 1 aliphatic carbocycles. The Morgan fingerprint density at radius 1 is 1.39 bits per heavy atom. The SMILES string of the molecule is COC(=O)c1ncc(-c2ccccc2C2CC2)o1. The molecule has 1 aromatic carbocycles. The van der Waals surface area contributed by atoms with Gasteiger partial charge in [0, 0.05) is 5.56 Å². The standard InChI is InChI=1S/C14H13NO3/c1-17-14(16)13-15-8-12(18-13)11-5-3-2-4-10(11)9-6-7-9/h2-5,8-9H,6-7H2,1H3. The molecule has 1 saturated carbocycles. The Kier molecular flexibility index (Phi) is 2.63. The summed E-state index contributed by atoms with van der Waals surface area (Å²) in [4.78, 5) is 15.3. The van der Waals surface area contributed by atoms with Gasteiger partial charge in [0.25, 0.3) is 0 Å². The molecular weight excluding hydrogens is 230 g/mol. The summed E-state index contributed by atoms with van der Waals surface area (Å²) in [5, 5.41) is 0. The van der Waals surface area contributed by atoms with Crippen molar-refractivity contribution in [2.45, 2.75) is 18.8 Å². The van der Waals surface area contributed by atoms with Crippen molar-refractivity contribution in [2.24, 2.45) is 0 Å². The number of ether oxygens (including phenoxy) is 1. The van der Waals surface area contributed by atoms with Crippen molar-refractivity contribution in [2.75, 3.05) is 7.11 Å². The van der Waals surface area contributed by atoms with E-state index in [0.717, 1.165) is 5.56 Å². The van der Waals surface area contributed by atoms with E-state index in [1.165, 1.54) is 25.5 Å². The third-order valence-electron chi connectivity index (χ3n) is 3.11. The molecule has 1 fully saturated rings. The van der Waals surface area contributed by atoms with Gasteiger partial charge < -0.3 is 9.15 Å². The molecule has 3 rings (SSSR count). The second kappa shape index (κ2) is 4.29. The smallest absolute Gasteiger partial charge is 0.394 e. The van der Waals surface area contributed by atoms with Crippen LogP contribution in [0.3, 0.4) is 0 Å². The van der Waals surface area contributed by atoms with Gasteiger partial charge in [-0.25, -0.2) is 9.78 Å². The Hall–Kier alpha value is -2.10. The van der Waals surface area contributed by atoms with Crippen LogP contribution >= 0.6 is 0 Å². The molecule has 92 valence electrons. The van der Waals surface area contributed by atoms with Gasteiger partial charge in [-0.1, -0.05) is 24.3 Å². The average Bonchev–Trinajstić information content (AvgIpc) is 3.15. The van der Waals surface area contributed by atoms with Crippen LogP contribution in [0.15, 0.2) is 34.9 Å². The van der Waals surface area contributed by atoms with E-state index in [1.54, 1.807) is 6.20 Å². The quantitative estimate of drug-likeness (QED) is 0.777. The summed E-state index contributed by atoms with van der Waals surface area (Å²) < 4.78 is 10.0. The predicted molar refractivity (Wildman–Crippen MR) is 65.3 cm³/mol. The van der Waals surface area contributed by atoms with Crippen molar-refractivity contribution < 1.29 is 13.9 Å². The highest BCUT2D eigenvalue weighted by Crippen LogP contribution is 2.44. The monoisotopic (exact) mass is 243 g/mol. The number of benzene rings is 1. The molecule has 0 unspecified atom stereocenters. The molecule has 2 aromatic rings. The van der Waals surface area contributed by atoms with E-state index in [9.17, 15) is 4.79 Å². The van der Waals surface area contributed by atoms with E-state index in [4.69, 9.17) is 4.42 Å². The van der Waals surface area contributed by atoms with Gasteiger partial charge in [-0.3, -0.25) is 0 Å². The molecule has 18 heavy (non-hydrogen) atoms. The minimum atomic E-state index is -0.551. The van der Waals surface area contributed by atoms with Crippen LogP contribution in [0.5, 0.6) is 0 Å². The maximum absolute atomic E-state index is 11.3. The number of carbonyl (C=O) groups excluding carboxylic acids is 1. The Balaban J connectivity index is 1.99. The van der Waals surface area contributed by atoms with Crippen molar-refractivity contribution >= 4 is 5.97 Å². The van der Waals surface area contributed by atoms with Crippen molar-refractivity contribution in [3.8, 4) is 11.3 Å². The van der Waals surface area contributed by atoms with Crippen LogP contribution in [0.2, 0.25) is 0 Å². The van der Waals surface area contributed by atoms with E-state index < -0.39 is 5.97 Å². The highest BCUT2D eigenvalue weighted by molar-refractivity contribution is 5.84. The molecule has 0 N–H and O–H groups in total. The summed E-state index contributed by atoms with van der Waals surface area (Å²) in [5.41, 5.74) is 2.28. The van der Waals surface area contributed by atoms with E-state index in [0.29, 0.717) is 11.7 Å². The summed E-state index contributed by atoms with van der Waals surface area (Å²) in [6.07, 6.45) is 4.01. The van der Waals surface area contributed by atoms with Crippen LogP contribution < -0.4 is 0 Å². The number of hydrogen-bond acceptors (Lipinski definition) is 4. The summed E-state index contributed by atoms with van der Waals surface area (Å²) >= 11 is 0. The summed E-state index contributed by atoms with van der Waals surface area (Å²) in [6.45, 7) is 0. The molecule has 0 atom stereocenters. The van der Waals surface area contributed by atoms with Gasteiger partial charge in [0.2, 0.25) is 0 Å². The molecule has 0 bridgehead atoms. The molecule has 4 heteroatoms. The Bertz CT molecular complexity index is 584. The van der Waals surface area contributed by atoms with E-state index in [2.05, 4.69) is 15.8 Å². The third-order valence-corrected chi connectivity index (χ3v) is 3.11. The van der Waals surface area contributed by atoms with E-state index in [1.807, 2.05) is 18.2 Å². The van der Waals surface area contributed by atoms with Crippen molar-refractivity contribution in [3.63, 3.8) is 0 Å². The first-order valence-electron chi connectivity index (χ1n) is 5.93. The van der Waals surface area contributed by atoms with Crippen LogP contribution in [0.25, 0.3) is 11.3 Å². The topological polar surface area (TPSA) is 52.3 Å². The minimum Gasteiger partial charge on any atom is -0.462 e. The highest BCUT2D eigenvalue weighted by atomic mass is 16.5. The van der Waals surface area contributed by atoms with Gasteiger partial charge in [-0.2, -0.15) is 0 Å². The molecule has 1 aliphatic rings. The minimum absolute atomic E-state index is 0.00176. The molecule has 0 spiro atoms. The number of rotatable bonds is 3. The molecule has 0 amide bonds. The second-order valence-electron chi connectivity index (χ2n) is 4.38. The van der Waals surface area contributed by atoms with Gasteiger partial charge in [0.1, 0.15) is 0 Å². The fourth-order valence-corrected chi connectivity index (χ4v) is 2.05. The zero-order valence-corrected chi connectivity index (χ0v) is 10.1. The number of carbonyl (C=O) groups is 1. The average molecular weight is 243 g/mol. The van der Waals surface area contributed by atoms with Crippen LogP contribution in [0.1, 0.15) is 35.0 Å². The molecule has 1 heterocycles. The lowest BCUT2D eigenvalue weighted by atomic mass is 10.0. The molecule has 1 aromatic heterocycles. The first kappa shape index (κ1) is 11.0. The zero-order valence-electron chi connectivity index (χ0n) is 10.1. The van der Waals surface area contributed by atoms with E-state index >= 15 is 0 Å². The van der Waals surface area contributed by atoms with Crippen molar-refractivity contribution in [1.29, 1.82) is 0 Å². The fraction of sp³-hybridized carbons (Fsp3) is 0.286. The lowest BCUT2D eigenvalue weighted by Gasteiger charge is -2.04. The number of aromatic nitrogens is 1. The van der Waals surface area contributed by atoms with Crippen LogP contribution in [0, 0.1) is 0 Å². The number of hydrogen-bond donors (Lipinski definition) is 0. The van der Waals surface area contributed by atoms with Gasteiger partial charge in [-0.15, -0.1) is 0 Å². The number of nitrogens with zero attached hydrogens (tertiary/aromatic N) is 1. The van der Waals surface area contributed by atoms with Gasteiger partial charge in [-0.05, 0) is 24.3 Å². The van der Waals surface area contributed by atoms with E-state index in [-0.39, 0.29) is 5.89 Å². The molecular formula is C14H13NO3. The second-order valence-corrected chi connectivity index (χ2v) is 4.38. The summed E-state index contributed by atoms with van der Waals surface area (Å²) in [5.74, 6) is 0.689. The molecule has 0 saturated heterocycles. The van der Waals surface area contributed by atoms with Crippen molar-refractivity contribution in [1.82, 2.24) is 4.98 Å². The Labute approximate surface area is 105 Å². The number of esters is 1. The van der Waals surface area contributed by atoms with Gasteiger partial charge >= 0.3 is 11.9 Å². The van der Waals surface area contributed by atoms with Gasteiger partial charge in [0.05, 0.1) is 13.3 Å². The first-order chi connectivity index (χ1) is 8.79. The van der Waals surface area contributed by atoms with Crippen LogP contribution in [-0.2, 0) is 4.74 Å². The number of oxazole rings is 1. The van der Waals surface area contributed by atoms with Gasteiger partial charge in [0.15, 0.2) is 5.76 Å². The number of methoxy groups -OCH3 is 1. The van der Waals surface area contributed by atoms with Crippen molar-refractivity contribution in [3.05, 3.63) is 41.9 Å². The fourth-order valence-electron chi connectivity index (χ4n) is 2.05. The van der Waals surface area contributed by atoms with Crippen LogP contribution in [-0.4, -0.2) is 18.1 Å². The summed E-state index contributed by atoms with van der Waals surface area (Å²) in [7, 11) is 1.31. The van der Waals surface area contributed by atoms with Crippen LogP contribution in [0.4, 0.5) is 0 Å². The third kappa shape index (κ3) is 1.90. The molecule has 0 radical (unpaired) electrons. The summed E-state index contributed by atoms with van der Waals surface area (Å²) in [6, 6.07) is 8.08. The predicted octanol–water partition coefficient (Wildman–Crippen LogP) is 3.01. The largest absolute Gasteiger partial charge is 0.462 e. The molecule has 0 aliphatic heterocycles. The lowest BCUT2D eigenvalue weighted by Crippen LogP contribution is -2.00. The maximum Gasteiger partial charge on any atom is 0.394 e. The highest BCUT2D eigenvalue weighted by Gasteiger charge is 2.27. The maximum atomic E-state index is 11.3. The molecule has 4 nitrogen and oxygen atoms in total. The first-order valence-corrected chi connectivity index (χ1v) is 5.93. The Morgan fingerprint density at radius 3 is 2.89 bits per heavy atom.